The summed E-state index contributed by atoms with van der Waals surface area (Å²) in [6.45, 7) is 2.76. The molecular weight excluding hydrogens is 318 g/mol. The normalized spacial score (nSPS) is 10.1. The predicted octanol–water partition coefficient (Wildman–Crippen LogP) is 2.99. The summed E-state index contributed by atoms with van der Waals surface area (Å²) in [7, 11) is 0. The maximum absolute atomic E-state index is 12.1. The highest BCUT2D eigenvalue weighted by atomic mass is 16.6. The highest BCUT2D eigenvalue weighted by Crippen LogP contribution is 2.12. The minimum atomic E-state index is -0.399. The Bertz CT molecular complexity index is 668. The van der Waals surface area contributed by atoms with Crippen molar-refractivity contribution in [3.05, 3.63) is 65.7 Å². The Morgan fingerprint density at radius 3 is 2.40 bits per heavy atom. The van der Waals surface area contributed by atoms with Crippen molar-refractivity contribution in [2.75, 3.05) is 19.8 Å². The number of hydrogen-bond donors (Lipinski definition) is 1. The Balaban J connectivity index is 1.74. The summed E-state index contributed by atoms with van der Waals surface area (Å²) >= 11 is 0. The van der Waals surface area contributed by atoms with Crippen LogP contribution >= 0.6 is 0 Å². The topological polar surface area (TPSA) is 64.6 Å². The molecule has 1 amide bonds. The third kappa shape index (κ3) is 6.67. The maximum atomic E-state index is 12.1. The van der Waals surface area contributed by atoms with Gasteiger partial charge in [-0.25, -0.2) is 4.79 Å². The average Bonchev–Trinajstić information content (AvgIpc) is 2.66. The molecule has 2 aromatic rings. The number of amides is 1. The number of rotatable bonds is 9. The van der Waals surface area contributed by atoms with Crippen LogP contribution in [0.2, 0.25) is 0 Å². The fourth-order valence-corrected chi connectivity index (χ4v) is 2.17. The van der Waals surface area contributed by atoms with Gasteiger partial charge in [0.1, 0.15) is 5.75 Å². The Morgan fingerprint density at radius 1 is 1.00 bits per heavy atom. The van der Waals surface area contributed by atoms with Crippen molar-refractivity contribution in [1.82, 2.24) is 5.32 Å². The molecule has 0 radical (unpaired) electrons. The third-order valence-corrected chi connectivity index (χ3v) is 3.48. The van der Waals surface area contributed by atoms with Gasteiger partial charge in [-0.2, -0.15) is 0 Å². The first-order valence-electron chi connectivity index (χ1n) is 8.39. The number of ether oxygens (including phenoxy) is 2. The van der Waals surface area contributed by atoms with Gasteiger partial charge < -0.3 is 14.8 Å². The minimum absolute atomic E-state index is 0.134. The van der Waals surface area contributed by atoms with E-state index in [9.17, 15) is 9.59 Å². The summed E-state index contributed by atoms with van der Waals surface area (Å²) in [5.74, 6) is -0.0105. The second-order valence-corrected chi connectivity index (χ2v) is 5.53. The zero-order chi connectivity index (χ0) is 17.9. The molecule has 0 aliphatic heterocycles. The first kappa shape index (κ1) is 18.5. The molecule has 0 unspecified atom stereocenters. The molecule has 0 atom stereocenters. The standard InChI is InChI=1S/C20H23NO4/c1-2-14-24-19(22)15-25-18-10-8-17(9-11-18)20(23)21-13-12-16-6-4-3-5-7-16/h3-11H,2,12-15H2,1H3,(H,21,23). The molecular formula is C20H23NO4. The molecule has 2 rings (SSSR count). The summed E-state index contributed by atoms with van der Waals surface area (Å²) in [6.07, 6.45) is 1.56. The third-order valence-electron chi connectivity index (χ3n) is 3.48. The van der Waals surface area contributed by atoms with Gasteiger partial charge in [-0.05, 0) is 42.7 Å². The van der Waals surface area contributed by atoms with Crippen LogP contribution in [-0.4, -0.2) is 31.6 Å². The van der Waals surface area contributed by atoms with Gasteiger partial charge in [-0.15, -0.1) is 0 Å². The number of carbonyl (C=O) groups is 2. The van der Waals surface area contributed by atoms with E-state index in [0.717, 1.165) is 12.8 Å². The van der Waals surface area contributed by atoms with Gasteiger partial charge >= 0.3 is 5.97 Å². The van der Waals surface area contributed by atoms with Gasteiger partial charge in [0, 0.05) is 12.1 Å². The molecule has 0 bridgehead atoms. The molecule has 25 heavy (non-hydrogen) atoms. The van der Waals surface area contributed by atoms with E-state index in [0.29, 0.717) is 24.5 Å². The van der Waals surface area contributed by atoms with E-state index in [1.165, 1.54) is 5.56 Å². The number of benzene rings is 2. The van der Waals surface area contributed by atoms with E-state index in [1.54, 1.807) is 24.3 Å². The molecule has 132 valence electrons. The maximum Gasteiger partial charge on any atom is 0.344 e. The van der Waals surface area contributed by atoms with Crippen LogP contribution in [0, 0.1) is 0 Å². The van der Waals surface area contributed by atoms with E-state index in [1.807, 2.05) is 37.3 Å². The Labute approximate surface area is 148 Å². The van der Waals surface area contributed by atoms with Crippen molar-refractivity contribution in [3.8, 4) is 5.75 Å². The summed E-state index contributed by atoms with van der Waals surface area (Å²) in [5, 5.41) is 2.89. The molecule has 0 heterocycles. The summed E-state index contributed by atoms with van der Waals surface area (Å²) in [6, 6.07) is 16.7. The van der Waals surface area contributed by atoms with Gasteiger partial charge in [0.25, 0.3) is 5.91 Å². The molecule has 0 spiro atoms. The lowest BCUT2D eigenvalue weighted by atomic mass is 10.1. The lowest BCUT2D eigenvalue weighted by molar-refractivity contribution is -0.146. The van der Waals surface area contributed by atoms with Crippen molar-refractivity contribution >= 4 is 11.9 Å². The first-order chi connectivity index (χ1) is 12.2. The molecule has 0 aliphatic carbocycles. The monoisotopic (exact) mass is 341 g/mol. The lowest BCUT2D eigenvalue weighted by Gasteiger charge is -2.08. The smallest absolute Gasteiger partial charge is 0.344 e. The summed E-state index contributed by atoms with van der Waals surface area (Å²) in [5.41, 5.74) is 1.73. The number of nitrogens with one attached hydrogen (secondary N) is 1. The molecule has 0 saturated heterocycles. The number of carbonyl (C=O) groups excluding carboxylic acids is 2. The second-order valence-electron chi connectivity index (χ2n) is 5.53. The molecule has 5 nitrogen and oxygen atoms in total. The van der Waals surface area contributed by atoms with Crippen molar-refractivity contribution in [3.63, 3.8) is 0 Å². The predicted molar refractivity (Wildman–Crippen MR) is 95.7 cm³/mol. The average molecular weight is 341 g/mol. The van der Waals surface area contributed by atoms with Gasteiger partial charge in [-0.3, -0.25) is 4.79 Å². The van der Waals surface area contributed by atoms with Crippen LogP contribution < -0.4 is 10.1 Å². The van der Waals surface area contributed by atoms with Crippen LogP contribution in [0.3, 0.4) is 0 Å². The van der Waals surface area contributed by atoms with Crippen molar-refractivity contribution in [2.45, 2.75) is 19.8 Å². The van der Waals surface area contributed by atoms with E-state index in [4.69, 9.17) is 9.47 Å². The largest absolute Gasteiger partial charge is 0.482 e. The van der Waals surface area contributed by atoms with Crippen LogP contribution in [0.4, 0.5) is 0 Å². The Kier molecular flexibility index (Phi) is 7.50. The first-order valence-corrected chi connectivity index (χ1v) is 8.39. The van der Waals surface area contributed by atoms with Crippen LogP contribution in [0.1, 0.15) is 29.3 Å². The lowest BCUT2D eigenvalue weighted by Crippen LogP contribution is -2.25. The van der Waals surface area contributed by atoms with Crippen molar-refractivity contribution in [1.29, 1.82) is 0 Å². The van der Waals surface area contributed by atoms with Crippen LogP contribution in [0.5, 0.6) is 5.75 Å². The fraction of sp³-hybridized carbons (Fsp3) is 0.300. The van der Waals surface area contributed by atoms with Gasteiger partial charge in [-0.1, -0.05) is 37.3 Å². The fourth-order valence-electron chi connectivity index (χ4n) is 2.17. The van der Waals surface area contributed by atoms with Crippen molar-refractivity contribution in [2.24, 2.45) is 0 Å². The van der Waals surface area contributed by atoms with Crippen molar-refractivity contribution < 1.29 is 19.1 Å². The molecule has 0 aromatic heterocycles. The van der Waals surface area contributed by atoms with Crippen LogP contribution in [0.25, 0.3) is 0 Å². The van der Waals surface area contributed by atoms with E-state index >= 15 is 0 Å². The van der Waals surface area contributed by atoms with E-state index in [-0.39, 0.29) is 12.5 Å². The van der Waals surface area contributed by atoms with Crippen LogP contribution in [0.15, 0.2) is 54.6 Å². The Morgan fingerprint density at radius 2 is 1.72 bits per heavy atom. The summed E-state index contributed by atoms with van der Waals surface area (Å²) < 4.78 is 10.3. The zero-order valence-corrected chi connectivity index (χ0v) is 14.4. The number of esters is 1. The molecule has 0 aliphatic rings. The quantitative estimate of drug-likeness (QED) is 0.712. The highest BCUT2D eigenvalue weighted by Gasteiger charge is 2.07. The molecule has 1 N–H and O–H groups in total. The molecule has 2 aromatic carbocycles. The van der Waals surface area contributed by atoms with Gasteiger partial charge in [0.2, 0.25) is 0 Å². The van der Waals surface area contributed by atoms with Crippen LogP contribution in [-0.2, 0) is 16.0 Å². The number of hydrogen-bond acceptors (Lipinski definition) is 4. The van der Waals surface area contributed by atoms with E-state index in [2.05, 4.69) is 5.32 Å². The highest BCUT2D eigenvalue weighted by molar-refractivity contribution is 5.94. The van der Waals surface area contributed by atoms with E-state index < -0.39 is 5.97 Å². The minimum Gasteiger partial charge on any atom is -0.482 e. The van der Waals surface area contributed by atoms with Gasteiger partial charge in [0.15, 0.2) is 6.61 Å². The zero-order valence-electron chi connectivity index (χ0n) is 14.4. The van der Waals surface area contributed by atoms with Gasteiger partial charge in [0.05, 0.1) is 6.61 Å². The Hall–Kier alpha value is -2.82. The SMILES string of the molecule is CCCOC(=O)COc1ccc(C(=O)NCCc2ccccc2)cc1. The second kappa shape index (κ2) is 10.1. The summed E-state index contributed by atoms with van der Waals surface area (Å²) in [4.78, 5) is 23.5. The molecule has 0 fully saturated rings. The molecule has 0 saturated carbocycles. The molecule has 5 heteroatoms.